The fraction of sp³-hybridized carbons (Fsp3) is 0.600. The molecule has 4 N–H and O–H groups in total. The first-order valence-electron chi connectivity index (χ1n) is 5.11. The number of nitrogens with two attached hydrogens (primary N) is 1. The first kappa shape index (κ1) is 11.7. The second-order valence-electron chi connectivity index (χ2n) is 3.85. The lowest BCUT2D eigenvalue weighted by Crippen LogP contribution is -2.29. The minimum absolute atomic E-state index is 0.132. The summed E-state index contributed by atoms with van der Waals surface area (Å²) in [6.45, 7) is 4.42. The monoisotopic (exact) mass is 211 g/mol. The molecule has 0 bridgehead atoms. The summed E-state index contributed by atoms with van der Waals surface area (Å²) in [6, 6.07) is 0. The average Bonchev–Trinajstić information content (AvgIpc) is 2.15. The summed E-state index contributed by atoms with van der Waals surface area (Å²) in [6.07, 6.45) is 1.35. The van der Waals surface area contributed by atoms with Gasteiger partial charge in [-0.3, -0.25) is 9.78 Å². The van der Waals surface area contributed by atoms with Crippen LogP contribution in [0.2, 0.25) is 0 Å². The molecule has 0 aliphatic rings. The Morgan fingerprint density at radius 3 is 2.47 bits per heavy atom. The molecule has 0 aromatic carbocycles. The van der Waals surface area contributed by atoms with E-state index >= 15 is 0 Å². The van der Waals surface area contributed by atoms with Gasteiger partial charge in [0.2, 0.25) is 0 Å². The number of nitrogens with one attached hydrogen (secondary N) is 2. The maximum absolute atomic E-state index is 11.6. The molecule has 1 rings (SSSR count). The van der Waals surface area contributed by atoms with Crippen LogP contribution in [-0.4, -0.2) is 16.5 Å². The largest absolute Gasteiger partial charge is 0.330 e. The molecule has 0 radical (unpaired) electrons. The normalized spacial score (nSPS) is 10.9. The van der Waals surface area contributed by atoms with Crippen molar-refractivity contribution in [2.45, 2.75) is 32.6 Å². The lowest BCUT2D eigenvalue weighted by Gasteiger charge is -2.10. The molecule has 15 heavy (non-hydrogen) atoms. The Hall–Kier alpha value is -1.36. The fourth-order valence-electron chi connectivity index (χ4n) is 1.55. The van der Waals surface area contributed by atoms with E-state index in [2.05, 4.69) is 9.97 Å². The van der Waals surface area contributed by atoms with E-state index in [1.165, 1.54) is 0 Å². The van der Waals surface area contributed by atoms with Crippen LogP contribution in [0.3, 0.4) is 0 Å². The molecule has 0 spiro atoms. The molecule has 5 heteroatoms. The Morgan fingerprint density at radius 2 is 1.93 bits per heavy atom. The molecule has 0 aliphatic carbocycles. The van der Waals surface area contributed by atoms with Crippen LogP contribution < -0.4 is 17.0 Å². The summed E-state index contributed by atoms with van der Waals surface area (Å²) in [5.41, 5.74) is 6.03. The molecular formula is C10H17N3O2. The Morgan fingerprint density at radius 1 is 1.27 bits per heavy atom. The zero-order chi connectivity index (χ0) is 11.4. The summed E-state index contributed by atoms with van der Waals surface area (Å²) < 4.78 is 0. The summed E-state index contributed by atoms with van der Waals surface area (Å²) in [5, 5.41) is 0. The molecule has 1 aromatic heterocycles. The van der Waals surface area contributed by atoms with Gasteiger partial charge in [-0.05, 0) is 25.3 Å². The van der Waals surface area contributed by atoms with E-state index in [0.29, 0.717) is 18.5 Å². The van der Waals surface area contributed by atoms with Crippen LogP contribution in [0.25, 0.3) is 0 Å². The highest BCUT2D eigenvalue weighted by atomic mass is 16.2. The van der Waals surface area contributed by atoms with Crippen LogP contribution in [0.4, 0.5) is 0 Å². The molecule has 0 fully saturated rings. The van der Waals surface area contributed by atoms with E-state index in [9.17, 15) is 9.59 Å². The van der Waals surface area contributed by atoms with E-state index in [-0.39, 0.29) is 11.5 Å². The quantitative estimate of drug-likeness (QED) is 0.658. The van der Waals surface area contributed by atoms with E-state index in [1.807, 2.05) is 13.8 Å². The standard InChI is InChI=1S/C10H17N3O2/c1-6(2)8-7(4-3-5-11)9(14)13-10(15)12-8/h6H,3-5,11H2,1-2H3,(H2,12,13,14,15). The second-order valence-corrected chi connectivity index (χ2v) is 3.85. The number of hydrogen-bond donors (Lipinski definition) is 3. The summed E-state index contributed by atoms with van der Waals surface area (Å²) >= 11 is 0. The van der Waals surface area contributed by atoms with Crippen molar-refractivity contribution in [1.29, 1.82) is 0 Å². The Kier molecular flexibility index (Phi) is 3.85. The number of hydrogen-bond acceptors (Lipinski definition) is 3. The number of aromatic amines is 2. The van der Waals surface area contributed by atoms with Crippen molar-refractivity contribution in [3.8, 4) is 0 Å². The van der Waals surface area contributed by atoms with Gasteiger partial charge in [0.15, 0.2) is 0 Å². The molecule has 1 aromatic rings. The van der Waals surface area contributed by atoms with E-state index < -0.39 is 5.69 Å². The van der Waals surface area contributed by atoms with Gasteiger partial charge in [0, 0.05) is 11.3 Å². The predicted octanol–water partition coefficient (Wildman–Crippen LogP) is 0.0779. The van der Waals surface area contributed by atoms with Gasteiger partial charge < -0.3 is 10.7 Å². The Bertz CT molecular complexity index is 431. The minimum Gasteiger partial charge on any atom is -0.330 e. The number of rotatable bonds is 4. The molecule has 84 valence electrons. The number of H-pyrrole nitrogens is 2. The van der Waals surface area contributed by atoms with Gasteiger partial charge in [0.25, 0.3) is 5.56 Å². The predicted molar refractivity (Wildman–Crippen MR) is 59.1 cm³/mol. The van der Waals surface area contributed by atoms with Gasteiger partial charge in [-0.15, -0.1) is 0 Å². The van der Waals surface area contributed by atoms with Gasteiger partial charge in [0.05, 0.1) is 0 Å². The minimum atomic E-state index is -0.444. The highest BCUT2D eigenvalue weighted by Gasteiger charge is 2.11. The Balaban J connectivity index is 3.21. The van der Waals surface area contributed by atoms with Crippen molar-refractivity contribution in [3.05, 3.63) is 32.1 Å². The molecule has 0 atom stereocenters. The second kappa shape index (κ2) is 4.93. The van der Waals surface area contributed by atoms with Gasteiger partial charge >= 0.3 is 5.69 Å². The first-order valence-corrected chi connectivity index (χ1v) is 5.11. The van der Waals surface area contributed by atoms with Crippen LogP contribution in [-0.2, 0) is 6.42 Å². The van der Waals surface area contributed by atoms with Crippen LogP contribution in [0.5, 0.6) is 0 Å². The highest BCUT2D eigenvalue weighted by Crippen LogP contribution is 2.13. The third-order valence-corrected chi connectivity index (χ3v) is 2.28. The maximum atomic E-state index is 11.6. The van der Waals surface area contributed by atoms with Crippen LogP contribution >= 0.6 is 0 Å². The smallest absolute Gasteiger partial charge is 0.325 e. The van der Waals surface area contributed by atoms with Crippen LogP contribution in [0, 0.1) is 0 Å². The van der Waals surface area contributed by atoms with Crippen molar-refractivity contribution < 1.29 is 0 Å². The van der Waals surface area contributed by atoms with Gasteiger partial charge in [0.1, 0.15) is 0 Å². The molecular weight excluding hydrogens is 194 g/mol. The van der Waals surface area contributed by atoms with Crippen molar-refractivity contribution in [3.63, 3.8) is 0 Å². The molecule has 0 amide bonds. The van der Waals surface area contributed by atoms with Crippen molar-refractivity contribution in [2.75, 3.05) is 6.54 Å². The van der Waals surface area contributed by atoms with Crippen molar-refractivity contribution >= 4 is 0 Å². The van der Waals surface area contributed by atoms with E-state index in [0.717, 1.165) is 12.1 Å². The summed E-state index contributed by atoms with van der Waals surface area (Å²) in [7, 11) is 0. The lowest BCUT2D eigenvalue weighted by atomic mass is 10.0. The number of aromatic nitrogens is 2. The zero-order valence-corrected chi connectivity index (χ0v) is 9.09. The molecule has 0 saturated heterocycles. The third-order valence-electron chi connectivity index (χ3n) is 2.28. The SMILES string of the molecule is CC(C)c1[nH]c(=O)[nH]c(=O)c1CCCN. The van der Waals surface area contributed by atoms with Crippen molar-refractivity contribution in [1.82, 2.24) is 9.97 Å². The summed E-state index contributed by atoms with van der Waals surface area (Å²) in [5.74, 6) is 0.132. The molecule has 5 nitrogen and oxygen atoms in total. The molecule has 0 unspecified atom stereocenters. The molecule has 1 heterocycles. The van der Waals surface area contributed by atoms with E-state index in [4.69, 9.17) is 5.73 Å². The zero-order valence-electron chi connectivity index (χ0n) is 9.09. The fourth-order valence-corrected chi connectivity index (χ4v) is 1.55. The molecule has 0 saturated carbocycles. The van der Waals surface area contributed by atoms with Gasteiger partial charge in [-0.2, -0.15) is 0 Å². The summed E-state index contributed by atoms with van der Waals surface area (Å²) in [4.78, 5) is 27.6. The van der Waals surface area contributed by atoms with Crippen LogP contribution in [0.1, 0.15) is 37.4 Å². The molecule has 0 aliphatic heterocycles. The maximum Gasteiger partial charge on any atom is 0.325 e. The highest BCUT2D eigenvalue weighted by molar-refractivity contribution is 5.19. The Labute approximate surface area is 87.7 Å². The third kappa shape index (κ3) is 2.79. The van der Waals surface area contributed by atoms with Gasteiger partial charge in [-0.25, -0.2) is 4.79 Å². The average molecular weight is 211 g/mol. The lowest BCUT2D eigenvalue weighted by molar-refractivity contribution is 0.736. The van der Waals surface area contributed by atoms with Gasteiger partial charge in [-0.1, -0.05) is 13.8 Å². The van der Waals surface area contributed by atoms with Crippen LogP contribution in [0.15, 0.2) is 9.59 Å². The topological polar surface area (TPSA) is 91.7 Å². The van der Waals surface area contributed by atoms with Crippen molar-refractivity contribution in [2.24, 2.45) is 5.73 Å². The first-order chi connectivity index (χ1) is 7.06. The van der Waals surface area contributed by atoms with E-state index in [1.54, 1.807) is 0 Å².